The number of ether oxygens (including phenoxy) is 3. The molecule has 0 amide bonds. The minimum absolute atomic E-state index is 0. The summed E-state index contributed by atoms with van der Waals surface area (Å²) in [6, 6.07) is 10.3. The summed E-state index contributed by atoms with van der Waals surface area (Å²) in [7, 11) is 1.65. The van der Waals surface area contributed by atoms with E-state index in [1.54, 1.807) is 13.3 Å². The lowest BCUT2D eigenvalue weighted by Gasteiger charge is -2.13. The fraction of sp³-hybridized carbons (Fsp3) is 0.455. The summed E-state index contributed by atoms with van der Waals surface area (Å²) < 4.78 is 16.3. The molecule has 1 aromatic heterocycles. The van der Waals surface area contributed by atoms with Crippen molar-refractivity contribution in [3.8, 4) is 11.6 Å². The third-order valence-electron chi connectivity index (χ3n) is 4.59. The molecule has 0 bridgehead atoms. The maximum atomic E-state index is 5.69. The number of guanidine groups is 1. The highest BCUT2D eigenvalue weighted by Gasteiger charge is 2.12. The average molecular weight is 526 g/mol. The molecule has 0 atom stereocenters. The maximum Gasteiger partial charge on any atom is 0.218 e. The number of halogens is 1. The van der Waals surface area contributed by atoms with Crippen molar-refractivity contribution < 1.29 is 14.2 Å². The fourth-order valence-corrected chi connectivity index (χ4v) is 3.12. The third kappa shape index (κ3) is 7.32. The number of methoxy groups -OCH3 is 1. The fourth-order valence-electron chi connectivity index (χ4n) is 3.12. The van der Waals surface area contributed by atoms with Crippen molar-refractivity contribution in [2.45, 2.75) is 26.3 Å². The molecule has 0 saturated heterocycles. The molecule has 0 radical (unpaired) electrons. The molecule has 0 saturated carbocycles. The molecule has 0 spiro atoms. The SMILES string of the molecule is CCNC(=NCc1cccnc1OCCOC)NCCc1ccc2c(c1)CCO2.I. The zero-order chi connectivity index (χ0) is 20.3. The quantitative estimate of drug-likeness (QED) is 0.215. The van der Waals surface area contributed by atoms with Crippen LogP contribution < -0.4 is 20.1 Å². The Hall–Kier alpha value is -2.07. The van der Waals surface area contributed by atoms with Gasteiger partial charge in [0, 0.05) is 38.4 Å². The first-order valence-corrected chi connectivity index (χ1v) is 10.1. The number of fused-ring (bicyclic) bond motifs is 1. The van der Waals surface area contributed by atoms with E-state index < -0.39 is 0 Å². The molecule has 164 valence electrons. The predicted octanol–water partition coefficient (Wildman–Crippen LogP) is 2.96. The number of nitrogens with zero attached hydrogens (tertiary/aromatic N) is 2. The molecule has 1 aliphatic heterocycles. The van der Waals surface area contributed by atoms with Gasteiger partial charge in [0.15, 0.2) is 5.96 Å². The van der Waals surface area contributed by atoms with Crippen LogP contribution in [0.5, 0.6) is 11.6 Å². The molecule has 2 N–H and O–H groups in total. The van der Waals surface area contributed by atoms with Crippen LogP contribution >= 0.6 is 24.0 Å². The van der Waals surface area contributed by atoms with Crippen molar-refractivity contribution in [2.24, 2.45) is 4.99 Å². The van der Waals surface area contributed by atoms with Gasteiger partial charge in [-0.1, -0.05) is 18.2 Å². The first-order chi connectivity index (χ1) is 14.3. The van der Waals surface area contributed by atoms with E-state index in [1.165, 1.54) is 11.1 Å². The Morgan fingerprint density at radius 1 is 1.23 bits per heavy atom. The minimum atomic E-state index is 0. The summed E-state index contributed by atoms with van der Waals surface area (Å²) >= 11 is 0. The van der Waals surface area contributed by atoms with Crippen molar-refractivity contribution in [1.82, 2.24) is 15.6 Å². The summed E-state index contributed by atoms with van der Waals surface area (Å²) in [5, 5.41) is 6.70. The Morgan fingerprint density at radius 2 is 2.13 bits per heavy atom. The Morgan fingerprint density at radius 3 is 2.97 bits per heavy atom. The van der Waals surface area contributed by atoms with Crippen molar-refractivity contribution >= 4 is 29.9 Å². The number of hydrogen-bond donors (Lipinski definition) is 2. The number of aromatic nitrogens is 1. The maximum absolute atomic E-state index is 5.69. The first kappa shape index (κ1) is 24.2. The van der Waals surface area contributed by atoms with Gasteiger partial charge in [-0.15, -0.1) is 24.0 Å². The highest BCUT2D eigenvalue weighted by Crippen LogP contribution is 2.25. The monoisotopic (exact) mass is 526 g/mol. The van der Waals surface area contributed by atoms with Crippen molar-refractivity contribution in [3.63, 3.8) is 0 Å². The topological polar surface area (TPSA) is 77.0 Å². The molecule has 0 unspecified atom stereocenters. The number of aliphatic imine (C=N–C) groups is 1. The second-order valence-electron chi connectivity index (χ2n) is 6.72. The van der Waals surface area contributed by atoms with Gasteiger partial charge in [-0.25, -0.2) is 9.98 Å². The second kappa shape index (κ2) is 13.3. The van der Waals surface area contributed by atoms with E-state index in [2.05, 4.69) is 45.7 Å². The van der Waals surface area contributed by atoms with Crippen LogP contribution in [0.3, 0.4) is 0 Å². The standard InChI is InChI=1S/C22H30N4O3.HI/c1-3-23-22(25-11-8-17-6-7-20-18(15-17)9-12-28-20)26-16-19-5-4-10-24-21(19)29-14-13-27-2;/h4-7,10,15H,3,8-9,11-14,16H2,1-2H3,(H2,23,25,26);1H. The summed E-state index contributed by atoms with van der Waals surface area (Å²) in [4.78, 5) is 8.99. The summed E-state index contributed by atoms with van der Waals surface area (Å²) in [6.45, 7) is 5.93. The lowest BCUT2D eigenvalue weighted by atomic mass is 10.1. The summed E-state index contributed by atoms with van der Waals surface area (Å²) in [5.74, 6) is 2.41. The van der Waals surface area contributed by atoms with Crippen molar-refractivity contribution in [1.29, 1.82) is 0 Å². The van der Waals surface area contributed by atoms with E-state index in [-0.39, 0.29) is 24.0 Å². The molecule has 0 aliphatic carbocycles. The van der Waals surface area contributed by atoms with Crippen LogP contribution in [-0.4, -0.2) is 51.0 Å². The van der Waals surface area contributed by atoms with E-state index in [9.17, 15) is 0 Å². The van der Waals surface area contributed by atoms with Gasteiger partial charge in [0.25, 0.3) is 0 Å². The van der Waals surface area contributed by atoms with Gasteiger partial charge in [-0.05, 0) is 36.6 Å². The zero-order valence-corrected chi connectivity index (χ0v) is 20.0. The van der Waals surface area contributed by atoms with Crippen LogP contribution in [0, 0.1) is 0 Å². The number of benzene rings is 1. The number of nitrogens with one attached hydrogen (secondary N) is 2. The molecular weight excluding hydrogens is 495 g/mol. The molecular formula is C22H31IN4O3. The Bertz CT molecular complexity index is 817. The lowest BCUT2D eigenvalue weighted by Crippen LogP contribution is -2.38. The normalized spacial score (nSPS) is 12.5. The minimum Gasteiger partial charge on any atom is -0.493 e. The lowest BCUT2D eigenvalue weighted by molar-refractivity contribution is 0.143. The Kier molecular flexibility index (Phi) is 10.7. The van der Waals surface area contributed by atoms with E-state index in [0.717, 1.165) is 49.8 Å². The highest BCUT2D eigenvalue weighted by molar-refractivity contribution is 14.0. The van der Waals surface area contributed by atoms with Crippen LogP contribution in [0.15, 0.2) is 41.5 Å². The molecule has 8 heteroatoms. The van der Waals surface area contributed by atoms with Crippen LogP contribution in [-0.2, 0) is 24.1 Å². The Labute approximate surface area is 195 Å². The number of pyridine rings is 1. The third-order valence-corrected chi connectivity index (χ3v) is 4.59. The number of hydrogen-bond acceptors (Lipinski definition) is 5. The second-order valence-corrected chi connectivity index (χ2v) is 6.72. The summed E-state index contributed by atoms with van der Waals surface area (Å²) in [5.41, 5.74) is 3.55. The molecule has 3 rings (SSSR count). The van der Waals surface area contributed by atoms with Crippen LogP contribution in [0.2, 0.25) is 0 Å². The van der Waals surface area contributed by atoms with Crippen molar-refractivity contribution in [2.75, 3.05) is 40.0 Å². The van der Waals surface area contributed by atoms with E-state index in [1.807, 2.05) is 12.1 Å². The van der Waals surface area contributed by atoms with Crippen LogP contribution in [0.4, 0.5) is 0 Å². The van der Waals surface area contributed by atoms with Gasteiger partial charge in [0.05, 0.1) is 19.8 Å². The first-order valence-electron chi connectivity index (χ1n) is 10.1. The largest absolute Gasteiger partial charge is 0.493 e. The van der Waals surface area contributed by atoms with Gasteiger partial charge in [-0.3, -0.25) is 0 Å². The van der Waals surface area contributed by atoms with Gasteiger partial charge in [0.2, 0.25) is 5.88 Å². The molecule has 7 nitrogen and oxygen atoms in total. The molecule has 1 aromatic carbocycles. The van der Waals surface area contributed by atoms with Crippen molar-refractivity contribution in [3.05, 3.63) is 53.2 Å². The Balaban J connectivity index is 0.00000320. The van der Waals surface area contributed by atoms with E-state index in [0.29, 0.717) is 25.6 Å². The molecule has 2 heterocycles. The predicted molar refractivity (Wildman–Crippen MR) is 129 cm³/mol. The summed E-state index contributed by atoms with van der Waals surface area (Å²) in [6.07, 6.45) is 3.65. The molecule has 2 aromatic rings. The van der Waals surface area contributed by atoms with Crippen LogP contribution in [0.25, 0.3) is 0 Å². The van der Waals surface area contributed by atoms with Crippen LogP contribution in [0.1, 0.15) is 23.6 Å². The van der Waals surface area contributed by atoms with Gasteiger partial charge in [-0.2, -0.15) is 0 Å². The number of rotatable bonds is 10. The highest BCUT2D eigenvalue weighted by atomic mass is 127. The smallest absolute Gasteiger partial charge is 0.218 e. The van der Waals surface area contributed by atoms with Gasteiger partial charge in [0.1, 0.15) is 12.4 Å². The van der Waals surface area contributed by atoms with Gasteiger partial charge < -0.3 is 24.8 Å². The van der Waals surface area contributed by atoms with E-state index >= 15 is 0 Å². The van der Waals surface area contributed by atoms with E-state index in [4.69, 9.17) is 14.2 Å². The molecule has 1 aliphatic rings. The molecule has 30 heavy (non-hydrogen) atoms. The zero-order valence-electron chi connectivity index (χ0n) is 17.6. The average Bonchev–Trinajstić information content (AvgIpc) is 3.21. The molecule has 0 fully saturated rings. The van der Waals surface area contributed by atoms with Gasteiger partial charge >= 0.3 is 0 Å².